The third kappa shape index (κ3) is 4.80. The summed E-state index contributed by atoms with van der Waals surface area (Å²) in [5, 5.41) is 3.13. The molecule has 1 saturated heterocycles. The maximum Gasteiger partial charge on any atom is 0.255 e. The molecule has 0 bridgehead atoms. The number of hydrogen-bond donors (Lipinski definition) is 1. The molecule has 1 aromatic heterocycles. The van der Waals surface area contributed by atoms with Gasteiger partial charge in [-0.25, -0.2) is 13.8 Å². The Hall–Kier alpha value is -2.90. The number of carbonyl (C=O) groups excluding carboxylic acids is 1. The first-order valence-electron chi connectivity index (χ1n) is 10.1. The maximum atomic E-state index is 13.8. The molecule has 0 aliphatic carbocycles. The van der Waals surface area contributed by atoms with Gasteiger partial charge in [-0.05, 0) is 32.0 Å². The molecule has 3 rings (SSSR count). The average Bonchev–Trinajstić information content (AvgIpc) is 2.74. The summed E-state index contributed by atoms with van der Waals surface area (Å²) in [6.45, 7) is 5.27. The van der Waals surface area contributed by atoms with Crippen LogP contribution >= 0.6 is 0 Å². The number of piperidine rings is 1. The Kier molecular flexibility index (Phi) is 6.74. The van der Waals surface area contributed by atoms with Crippen molar-refractivity contribution in [2.75, 3.05) is 37.4 Å². The van der Waals surface area contributed by atoms with E-state index in [0.717, 1.165) is 17.6 Å². The van der Waals surface area contributed by atoms with E-state index in [1.165, 1.54) is 12.1 Å². The lowest BCUT2D eigenvalue weighted by molar-refractivity contribution is 0.0754. The van der Waals surface area contributed by atoms with E-state index in [-0.39, 0.29) is 23.8 Å². The zero-order chi connectivity index (χ0) is 21.8. The number of nitrogens with one attached hydrogen (secondary N) is 1. The Morgan fingerprint density at radius 3 is 2.57 bits per heavy atom. The quantitative estimate of drug-likeness (QED) is 0.770. The van der Waals surface area contributed by atoms with Gasteiger partial charge in [-0.2, -0.15) is 0 Å². The molecule has 0 saturated carbocycles. The van der Waals surface area contributed by atoms with Crippen molar-refractivity contribution in [3.63, 3.8) is 0 Å². The smallest absolute Gasteiger partial charge is 0.255 e. The first-order valence-corrected chi connectivity index (χ1v) is 10.1. The highest BCUT2D eigenvalue weighted by Crippen LogP contribution is 2.29. The fraction of sp³-hybridized carbons (Fsp3) is 0.455. The van der Waals surface area contributed by atoms with Crippen LogP contribution in [0.1, 0.15) is 37.0 Å². The van der Waals surface area contributed by atoms with Gasteiger partial charge in [0.2, 0.25) is 0 Å². The molecule has 1 amide bonds. The Balaban J connectivity index is 1.66. The number of hydrogen-bond acceptors (Lipinski definition) is 5. The Morgan fingerprint density at radius 2 is 1.97 bits per heavy atom. The van der Waals surface area contributed by atoms with Gasteiger partial charge in [0.05, 0.1) is 11.3 Å². The molecule has 2 heterocycles. The largest absolute Gasteiger partial charge is 0.487 e. The summed E-state index contributed by atoms with van der Waals surface area (Å²) >= 11 is 0. The number of carbonyl (C=O) groups is 1. The standard InChI is InChI=1S/C22H28F2N4O2/c1-14(2)27(4)22(29)15-11-19(25-3)21(26-13-15)28-9-7-17(8-10-28)30-20-6-5-16(23)12-18(20)24/h5-6,11-14,17,25H,7-10H2,1-4H3. The van der Waals surface area contributed by atoms with Crippen LogP contribution in [-0.2, 0) is 0 Å². The molecule has 1 aliphatic rings. The van der Waals surface area contributed by atoms with Gasteiger partial charge in [0, 0.05) is 58.3 Å². The number of ether oxygens (including phenoxy) is 1. The molecule has 6 nitrogen and oxygen atoms in total. The third-order valence-electron chi connectivity index (χ3n) is 5.41. The van der Waals surface area contributed by atoms with Crippen LogP contribution in [0.2, 0.25) is 0 Å². The van der Waals surface area contributed by atoms with Crippen molar-refractivity contribution in [2.45, 2.75) is 38.8 Å². The molecule has 0 radical (unpaired) electrons. The van der Waals surface area contributed by atoms with Gasteiger partial charge in [-0.3, -0.25) is 4.79 Å². The van der Waals surface area contributed by atoms with Gasteiger partial charge in [-0.15, -0.1) is 0 Å². The lowest BCUT2D eigenvalue weighted by atomic mass is 10.1. The molecule has 0 unspecified atom stereocenters. The van der Waals surface area contributed by atoms with Crippen molar-refractivity contribution in [1.82, 2.24) is 9.88 Å². The second kappa shape index (κ2) is 9.28. The summed E-state index contributed by atoms with van der Waals surface area (Å²) in [5.41, 5.74) is 1.31. The normalized spacial score (nSPS) is 14.7. The van der Waals surface area contributed by atoms with Crippen LogP contribution in [0.5, 0.6) is 5.75 Å². The average molecular weight is 418 g/mol. The molecule has 1 aromatic carbocycles. The predicted octanol–water partition coefficient (Wildman–Crippen LogP) is 3.93. The summed E-state index contributed by atoms with van der Waals surface area (Å²) in [7, 11) is 3.57. The van der Waals surface area contributed by atoms with Crippen LogP contribution in [0, 0.1) is 11.6 Å². The van der Waals surface area contributed by atoms with Crippen LogP contribution < -0.4 is 15.0 Å². The molecule has 0 atom stereocenters. The van der Waals surface area contributed by atoms with Gasteiger partial charge in [0.25, 0.3) is 5.91 Å². The Morgan fingerprint density at radius 1 is 1.27 bits per heavy atom. The zero-order valence-electron chi connectivity index (χ0n) is 17.8. The number of pyridine rings is 1. The summed E-state index contributed by atoms with van der Waals surface area (Å²) in [6, 6.07) is 5.26. The molecule has 1 N–H and O–H groups in total. The van der Waals surface area contributed by atoms with E-state index in [1.807, 2.05) is 19.9 Å². The van der Waals surface area contributed by atoms with E-state index in [0.29, 0.717) is 31.5 Å². The molecule has 30 heavy (non-hydrogen) atoms. The van der Waals surface area contributed by atoms with Crippen LogP contribution in [-0.4, -0.2) is 55.1 Å². The van der Waals surface area contributed by atoms with Gasteiger partial charge in [0.1, 0.15) is 11.9 Å². The fourth-order valence-electron chi connectivity index (χ4n) is 3.38. The lowest BCUT2D eigenvalue weighted by Gasteiger charge is -2.34. The monoisotopic (exact) mass is 418 g/mol. The summed E-state index contributed by atoms with van der Waals surface area (Å²) < 4.78 is 32.6. The molecule has 8 heteroatoms. The first kappa shape index (κ1) is 21.8. The summed E-state index contributed by atoms with van der Waals surface area (Å²) in [5.74, 6) is -0.548. The highest BCUT2D eigenvalue weighted by Gasteiger charge is 2.25. The number of anilines is 2. The Labute approximate surface area is 175 Å². The van der Waals surface area contributed by atoms with E-state index in [4.69, 9.17) is 4.74 Å². The van der Waals surface area contributed by atoms with E-state index in [9.17, 15) is 13.6 Å². The highest BCUT2D eigenvalue weighted by atomic mass is 19.1. The number of amides is 1. The van der Waals surface area contributed by atoms with Crippen molar-refractivity contribution in [2.24, 2.45) is 0 Å². The van der Waals surface area contributed by atoms with Gasteiger partial charge in [-0.1, -0.05) is 0 Å². The number of halogens is 2. The van der Waals surface area contributed by atoms with E-state index in [2.05, 4.69) is 15.2 Å². The minimum Gasteiger partial charge on any atom is -0.487 e. The van der Waals surface area contributed by atoms with Crippen LogP contribution in [0.3, 0.4) is 0 Å². The number of aromatic nitrogens is 1. The molecular weight excluding hydrogens is 390 g/mol. The van der Waals surface area contributed by atoms with Crippen molar-refractivity contribution in [3.8, 4) is 5.75 Å². The van der Waals surface area contributed by atoms with Crippen LogP contribution in [0.4, 0.5) is 20.3 Å². The molecule has 2 aromatic rings. The van der Waals surface area contributed by atoms with Gasteiger partial charge in [0.15, 0.2) is 17.4 Å². The molecule has 1 fully saturated rings. The zero-order valence-corrected chi connectivity index (χ0v) is 17.8. The minimum atomic E-state index is -0.691. The summed E-state index contributed by atoms with van der Waals surface area (Å²) in [4.78, 5) is 20.9. The topological polar surface area (TPSA) is 57.7 Å². The second-order valence-corrected chi connectivity index (χ2v) is 7.73. The number of nitrogens with zero attached hydrogens (tertiary/aromatic N) is 3. The first-order chi connectivity index (χ1) is 14.3. The van der Waals surface area contributed by atoms with Gasteiger partial charge >= 0.3 is 0 Å². The number of benzene rings is 1. The third-order valence-corrected chi connectivity index (χ3v) is 5.41. The van der Waals surface area contributed by atoms with Gasteiger partial charge < -0.3 is 19.9 Å². The fourth-order valence-corrected chi connectivity index (χ4v) is 3.38. The number of rotatable bonds is 6. The predicted molar refractivity (Wildman–Crippen MR) is 113 cm³/mol. The SMILES string of the molecule is CNc1cc(C(=O)N(C)C(C)C)cnc1N1CCC(Oc2ccc(F)cc2F)CC1. The highest BCUT2D eigenvalue weighted by molar-refractivity contribution is 5.95. The van der Waals surface area contributed by atoms with E-state index >= 15 is 0 Å². The van der Waals surface area contributed by atoms with Crippen molar-refractivity contribution >= 4 is 17.4 Å². The molecule has 0 spiro atoms. The molecule has 162 valence electrons. The minimum absolute atomic E-state index is 0.0704. The van der Waals surface area contributed by atoms with Crippen molar-refractivity contribution in [1.29, 1.82) is 0 Å². The van der Waals surface area contributed by atoms with Crippen molar-refractivity contribution in [3.05, 3.63) is 47.7 Å². The van der Waals surface area contributed by atoms with Crippen molar-refractivity contribution < 1.29 is 18.3 Å². The molecular formula is C22H28F2N4O2. The van der Waals surface area contributed by atoms with E-state index in [1.54, 1.807) is 25.2 Å². The van der Waals surface area contributed by atoms with E-state index < -0.39 is 11.6 Å². The van der Waals surface area contributed by atoms with Crippen LogP contribution in [0.15, 0.2) is 30.5 Å². The Bertz CT molecular complexity index is 899. The lowest BCUT2D eigenvalue weighted by Crippen LogP contribution is -2.39. The maximum absolute atomic E-state index is 13.8. The second-order valence-electron chi connectivity index (χ2n) is 7.73. The molecule has 1 aliphatic heterocycles. The summed E-state index contributed by atoms with van der Waals surface area (Å²) in [6.07, 6.45) is 2.81. The van der Waals surface area contributed by atoms with Crippen LogP contribution in [0.25, 0.3) is 0 Å².